The lowest BCUT2D eigenvalue weighted by atomic mass is 10.1. The molecule has 0 aliphatic carbocycles. The number of tetrazole rings is 1. The van der Waals surface area contributed by atoms with Crippen molar-refractivity contribution in [2.45, 2.75) is 19.0 Å². The Labute approximate surface area is 181 Å². The first kappa shape index (κ1) is 19.2. The predicted molar refractivity (Wildman–Crippen MR) is 114 cm³/mol. The van der Waals surface area contributed by atoms with Crippen LogP contribution in [0.25, 0.3) is 11.4 Å². The Morgan fingerprint density at radius 2 is 2.19 bits per heavy atom. The maximum atomic E-state index is 13.1. The van der Waals surface area contributed by atoms with Crippen LogP contribution in [-0.2, 0) is 11.3 Å². The first-order valence-electron chi connectivity index (χ1n) is 9.60. The van der Waals surface area contributed by atoms with Gasteiger partial charge in [0.05, 0.1) is 24.0 Å². The highest BCUT2D eigenvalue weighted by Crippen LogP contribution is 2.34. The molecule has 0 radical (unpaired) electrons. The largest absolute Gasteiger partial charge is 0.497 e. The molecule has 1 amide bonds. The van der Waals surface area contributed by atoms with Gasteiger partial charge in [-0.2, -0.15) is 9.90 Å². The van der Waals surface area contributed by atoms with Crippen LogP contribution in [0.2, 0.25) is 0 Å². The first-order chi connectivity index (χ1) is 15.2. The minimum Gasteiger partial charge on any atom is -0.497 e. The Hall–Kier alpha value is -3.79. The zero-order valence-corrected chi connectivity index (χ0v) is 17.4. The summed E-state index contributed by atoms with van der Waals surface area (Å²) in [6.45, 7) is -0.0879. The Balaban J connectivity index is 1.37. The van der Waals surface area contributed by atoms with Crippen molar-refractivity contribution in [1.82, 2.24) is 25.2 Å². The molecule has 31 heavy (non-hydrogen) atoms. The Bertz CT molecular complexity index is 1220. The van der Waals surface area contributed by atoms with Crippen LogP contribution in [0.1, 0.15) is 23.1 Å². The molecule has 0 bridgehead atoms. The van der Waals surface area contributed by atoms with Crippen molar-refractivity contribution in [3.8, 4) is 17.1 Å². The van der Waals surface area contributed by atoms with Gasteiger partial charge >= 0.3 is 0 Å². The SMILES string of the molecule is COc1cccc(-c2nnn(CC(=O)N3N=C(c4cccs4)C[C@H]3c3ccco3)n2)c1. The van der Waals surface area contributed by atoms with Crippen LogP contribution >= 0.6 is 11.3 Å². The highest BCUT2D eigenvalue weighted by atomic mass is 32.1. The lowest BCUT2D eigenvalue weighted by Gasteiger charge is -2.19. The molecule has 10 heteroatoms. The van der Waals surface area contributed by atoms with Crippen molar-refractivity contribution >= 4 is 23.0 Å². The summed E-state index contributed by atoms with van der Waals surface area (Å²) in [5.74, 6) is 1.55. The summed E-state index contributed by atoms with van der Waals surface area (Å²) in [6, 6.07) is 14.7. The number of rotatable bonds is 6. The van der Waals surface area contributed by atoms with Gasteiger partial charge in [0.25, 0.3) is 5.91 Å². The van der Waals surface area contributed by atoms with E-state index in [0.717, 1.165) is 16.2 Å². The average molecular weight is 434 g/mol. The zero-order chi connectivity index (χ0) is 21.2. The minimum absolute atomic E-state index is 0.0879. The number of ether oxygens (including phenoxy) is 1. The van der Waals surface area contributed by atoms with Gasteiger partial charge < -0.3 is 9.15 Å². The summed E-state index contributed by atoms with van der Waals surface area (Å²) >= 11 is 1.59. The number of furan rings is 1. The Morgan fingerprint density at radius 1 is 1.26 bits per heavy atom. The van der Waals surface area contributed by atoms with Crippen molar-refractivity contribution in [3.05, 3.63) is 70.8 Å². The Morgan fingerprint density at radius 3 is 2.97 bits per heavy atom. The Kier molecular flexibility index (Phi) is 5.04. The summed E-state index contributed by atoms with van der Waals surface area (Å²) < 4.78 is 10.8. The first-order valence-corrected chi connectivity index (χ1v) is 10.5. The number of amides is 1. The second-order valence-corrected chi connectivity index (χ2v) is 7.82. The third-order valence-corrected chi connectivity index (χ3v) is 5.82. The molecule has 4 heterocycles. The predicted octanol–water partition coefficient (Wildman–Crippen LogP) is 3.38. The number of thiophene rings is 1. The van der Waals surface area contributed by atoms with Crippen LogP contribution in [0.4, 0.5) is 0 Å². The number of hydrogen-bond donors (Lipinski definition) is 0. The van der Waals surface area contributed by atoms with E-state index in [1.54, 1.807) is 30.8 Å². The van der Waals surface area contributed by atoms with Crippen molar-refractivity contribution < 1.29 is 13.9 Å². The van der Waals surface area contributed by atoms with Crippen molar-refractivity contribution in [3.63, 3.8) is 0 Å². The van der Waals surface area contributed by atoms with Crippen molar-refractivity contribution in [2.24, 2.45) is 5.10 Å². The molecule has 1 atom stereocenters. The van der Waals surface area contributed by atoms with Crippen LogP contribution in [-0.4, -0.2) is 43.9 Å². The zero-order valence-electron chi connectivity index (χ0n) is 16.6. The van der Waals surface area contributed by atoms with Crippen LogP contribution in [0.15, 0.2) is 69.7 Å². The highest BCUT2D eigenvalue weighted by molar-refractivity contribution is 7.12. The number of benzene rings is 1. The van der Waals surface area contributed by atoms with E-state index in [9.17, 15) is 4.79 Å². The molecule has 0 saturated heterocycles. The lowest BCUT2D eigenvalue weighted by Crippen LogP contribution is -2.31. The van der Waals surface area contributed by atoms with Crippen LogP contribution in [0.3, 0.4) is 0 Å². The van der Waals surface area contributed by atoms with E-state index < -0.39 is 0 Å². The fourth-order valence-electron chi connectivity index (χ4n) is 3.42. The van der Waals surface area contributed by atoms with Gasteiger partial charge in [-0.3, -0.25) is 4.79 Å². The quantitative estimate of drug-likeness (QED) is 0.461. The van der Waals surface area contributed by atoms with E-state index in [1.807, 2.05) is 47.8 Å². The minimum atomic E-state index is -0.305. The molecule has 4 aromatic rings. The molecular formula is C21H18N6O3S. The van der Waals surface area contributed by atoms with E-state index >= 15 is 0 Å². The molecule has 0 unspecified atom stereocenters. The number of carbonyl (C=O) groups excluding carboxylic acids is 1. The normalized spacial score (nSPS) is 15.8. The summed E-state index contributed by atoms with van der Waals surface area (Å²) in [7, 11) is 1.60. The summed E-state index contributed by atoms with van der Waals surface area (Å²) in [5.41, 5.74) is 1.61. The third kappa shape index (κ3) is 3.84. The van der Waals surface area contributed by atoms with Gasteiger partial charge in [0.1, 0.15) is 24.1 Å². The molecule has 1 aromatic carbocycles. The lowest BCUT2D eigenvalue weighted by molar-refractivity contribution is -0.134. The van der Waals surface area contributed by atoms with Gasteiger partial charge in [-0.05, 0) is 40.9 Å². The fraction of sp³-hybridized carbons (Fsp3) is 0.190. The summed E-state index contributed by atoms with van der Waals surface area (Å²) in [4.78, 5) is 15.4. The van der Waals surface area contributed by atoms with Crippen LogP contribution < -0.4 is 4.74 Å². The van der Waals surface area contributed by atoms with Crippen LogP contribution in [0.5, 0.6) is 5.75 Å². The van der Waals surface area contributed by atoms with E-state index in [4.69, 9.17) is 9.15 Å². The van der Waals surface area contributed by atoms with E-state index in [-0.39, 0.29) is 18.5 Å². The maximum Gasteiger partial charge on any atom is 0.267 e. The summed E-state index contributed by atoms with van der Waals surface area (Å²) in [6.07, 6.45) is 2.18. The molecule has 9 nitrogen and oxygen atoms in total. The van der Waals surface area contributed by atoms with Gasteiger partial charge in [0.2, 0.25) is 5.82 Å². The number of hydrogen-bond acceptors (Lipinski definition) is 8. The van der Waals surface area contributed by atoms with Gasteiger partial charge in [-0.1, -0.05) is 18.2 Å². The number of nitrogens with zero attached hydrogens (tertiary/aromatic N) is 6. The molecule has 5 rings (SSSR count). The number of carbonyl (C=O) groups is 1. The van der Waals surface area contributed by atoms with Gasteiger partial charge in [0, 0.05) is 12.0 Å². The molecule has 0 saturated carbocycles. The fourth-order valence-corrected chi connectivity index (χ4v) is 4.14. The molecule has 3 aromatic heterocycles. The molecule has 0 spiro atoms. The molecule has 1 aliphatic rings. The molecule has 1 aliphatic heterocycles. The molecular weight excluding hydrogens is 416 g/mol. The monoisotopic (exact) mass is 434 g/mol. The van der Waals surface area contributed by atoms with Crippen LogP contribution in [0, 0.1) is 0 Å². The van der Waals surface area contributed by atoms with Gasteiger partial charge in [-0.25, -0.2) is 5.01 Å². The second-order valence-electron chi connectivity index (χ2n) is 6.87. The van der Waals surface area contributed by atoms with Gasteiger partial charge in [-0.15, -0.1) is 21.5 Å². The molecule has 0 N–H and O–H groups in total. The molecule has 156 valence electrons. The van der Waals surface area contributed by atoms with E-state index in [0.29, 0.717) is 23.8 Å². The number of aromatic nitrogens is 4. The molecule has 0 fully saturated rings. The average Bonchev–Trinajstić information content (AvgIpc) is 3.59. The number of methoxy groups -OCH3 is 1. The third-order valence-electron chi connectivity index (χ3n) is 4.90. The maximum absolute atomic E-state index is 13.1. The summed E-state index contributed by atoms with van der Waals surface area (Å²) in [5, 5.41) is 20.5. The van der Waals surface area contributed by atoms with E-state index in [2.05, 4.69) is 20.5 Å². The smallest absolute Gasteiger partial charge is 0.267 e. The topological polar surface area (TPSA) is 98.6 Å². The van der Waals surface area contributed by atoms with Gasteiger partial charge in [0.15, 0.2) is 0 Å². The van der Waals surface area contributed by atoms with Crippen molar-refractivity contribution in [2.75, 3.05) is 7.11 Å². The number of hydrazone groups is 1. The van der Waals surface area contributed by atoms with E-state index in [1.165, 1.54) is 9.81 Å². The second kappa shape index (κ2) is 8.15. The van der Waals surface area contributed by atoms with Crippen molar-refractivity contribution in [1.29, 1.82) is 0 Å². The standard InChI is InChI=1S/C21H18N6O3S/c1-29-15-6-2-5-14(11-15)21-22-25-26(24-21)13-20(28)27-17(18-7-3-9-30-18)12-16(23-27)19-8-4-10-31-19/h2-11,17H,12-13H2,1H3/t17-/m0/s1. The highest BCUT2D eigenvalue weighted by Gasteiger charge is 2.35.